The molecule has 0 saturated carbocycles. The Morgan fingerprint density at radius 1 is 1.27 bits per heavy atom. The zero-order valence-electron chi connectivity index (χ0n) is 17.2. The van der Waals surface area contributed by atoms with Crippen molar-refractivity contribution in [2.24, 2.45) is 10.9 Å². The largest absolute Gasteiger partial charge is 0.486 e. The maximum atomic E-state index is 12.7. The van der Waals surface area contributed by atoms with Gasteiger partial charge in [-0.15, -0.1) is 0 Å². The fourth-order valence-electron chi connectivity index (χ4n) is 3.90. The van der Waals surface area contributed by atoms with E-state index < -0.39 is 0 Å². The second-order valence-electron chi connectivity index (χ2n) is 7.98. The van der Waals surface area contributed by atoms with Gasteiger partial charge in [-0.3, -0.25) is 14.8 Å². The van der Waals surface area contributed by atoms with Crippen molar-refractivity contribution >= 4 is 28.8 Å². The molecule has 1 saturated heterocycles. The summed E-state index contributed by atoms with van der Waals surface area (Å²) >= 11 is 6.22. The number of benzene rings is 1. The average Bonchev–Trinajstić information content (AvgIpc) is 2.75. The number of piperidine rings is 1. The number of hydrogen-bond acceptors (Lipinski definition) is 6. The van der Waals surface area contributed by atoms with Gasteiger partial charge in [0.1, 0.15) is 12.4 Å². The van der Waals surface area contributed by atoms with E-state index in [-0.39, 0.29) is 18.8 Å². The lowest BCUT2D eigenvalue weighted by atomic mass is 9.98. The zero-order valence-corrected chi connectivity index (χ0v) is 18.0. The molecule has 2 aliphatic heterocycles. The number of rotatable bonds is 7. The van der Waals surface area contributed by atoms with E-state index >= 15 is 0 Å². The summed E-state index contributed by atoms with van der Waals surface area (Å²) < 4.78 is 5.86. The molecule has 1 aromatic carbocycles. The molecule has 6 nitrogen and oxygen atoms in total. The van der Waals surface area contributed by atoms with Gasteiger partial charge in [-0.1, -0.05) is 17.7 Å². The number of halogens is 1. The molecule has 4 rings (SSSR count). The molecule has 0 radical (unpaired) electrons. The lowest BCUT2D eigenvalue weighted by Crippen LogP contribution is -2.33. The molecule has 0 unspecified atom stereocenters. The number of carbonyl (C=O) groups excluding carboxylic acids is 1. The summed E-state index contributed by atoms with van der Waals surface area (Å²) in [5.74, 6) is 1.34. The van der Waals surface area contributed by atoms with Gasteiger partial charge in [-0.2, -0.15) is 0 Å². The van der Waals surface area contributed by atoms with E-state index in [0.29, 0.717) is 40.2 Å². The highest BCUT2D eigenvalue weighted by molar-refractivity contribution is 6.32. The van der Waals surface area contributed by atoms with Gasteiger partial charge >= 0.3 is 0 Å². The van der Waals surface area contributed by atoms with E-state index in [9.17, 15) is 4.79 Å². The monoisotopic (exact) mass is 426 g/mol. The van der Waals surface area contributed by atoms with Crippen LogP contribution in [-0.2, 0) is 6.54 Å². The standard InChI is InChI=1S/C23H27ClN4O2/c1-15-2-3-19(24)22(10-15)30-14-17-11-21(29)18-6-9-27-20(23(18)28-17)13-26-12-16-4-7-25-8-5-16/h2-3,6,9-10,16,25-26H,4-5,7-8,11-14H2,1H3. The Hall–Kier alpha value is -2.28. The van der Waals surface area contributed by atoms with E-state index in [2.05, 4.69) is 15.6 Å². The summed E-state index contributed by atoms with van der Waals surface area (Å²) in [6.07, 6.45) is 4.32. The highest BCUT2D eigenvalue weighted by Crippen LogP contribution is 2.30. The fourth-order valence-corrected chi connectivity index (χ4v) is 4.07. The molecule has 2 aromatic rings. The minimum absolute atomic E-state index is 0.0518. The van der Waals surface area contributed by atoms with Crippen molar-refractivity contribution in [3.8, 4) is 5.75 Å². The van der Waals surface area contributed by atoms with Crippen LogP contribution in [0.3, 0.4) is 0 Å². The molecular formula is C23H27ClN4O2. The molecule has 2 aliphatic rings. The highest BCUT2D eigenvalue weighted by Gasteiger charge is 2.23. The van der Waals surface area contributed by atoms with Gasteiger partial charge in [0.25, 0.3) is 0 Å². The number of aliphatic imine (C=N–C) groups is 1. The molecule has 0 bridgehead atoms. The number of nitrogens with one attached hydrogen (secondary N) is 2. The minimum Gasteiger partial charge on any atom is -0.486 e. The van der Waals surface area contributed by atoms with Gasteiger partial charge in [-0.05, 0) is 69.1 Å². The molecule has 0 spiro atoms. The molecule has 158 valence electrons. The first kappa shape index (κ1) is 21.0. The molecule has 1 aromatic heterocycles. The predicted octanol–water partition coefficient (Wildman–Crippen LogP) is 3.87. The van der Waals surface area contributed by atoms with Crippen LogP contribution in [0.15, 0.2) is 35.5 Å². The molecule has 0 aliphatic carbocycles. The molecule has 1 fully saturated rings. The topological polar surface area (TPSA) is 75.6 Å². The van der Waals surface area contributed by atoms with E-state index in [0.717, 1.165) is 30.9 Å². The molecule has 0 amide bonds. The van der Waals surface area contributed by atoms with Crippen molar-refractivity contribution in [1.29, 1.82) is 0 Å². The third kappa shape index (κ3) is 5.06. The Bertz CT molecular complexity index is 954. The summed E-state index contributed by atoms with van der Waals surface area (Å²) in [6.45, 7) is 5.92. The number of ketones is 1. The van der Waals surface area contributed by atoms with Crippen molar-refractivity contribution in [1.82, 2.24) is 15.6 Å². The van der Waals surface area contributed by atoms with Crippen LogP contribution in [-0.4, -0.2) is 42.7 Å². The second kappa shape index (κ2) is 9.69. The minimum atomic E-state index is 0.0518. The quantitative estimate of drug-likeness (QED) is 0.702. The Labute approximate surface area is 182 Å². The SMILES string of the molecule is Cc1ccc(Cl)c(OCC2=Nc3c(ccnc3CNCC3CCNCC3)C(=O)C2)c1. The number of pyridine rings is 1. The molecule has 2 N–H and O–H groups in total. The number of Topliss-reactive ketones (excluding diaryl/α,β-unsaturated/α-hetero) is 1. The van der Waals surface area contributed by atoms with Gasteiger partial charge < -0.3 is 15.4 Å². The molecular weight excluding hydrogens is 400 g/mol. The third-order valence-corrected chi connectivity index (χ3v) is 5.91. The smallest absolute Gasteiger partial charge is 0.170 e. The molecule has 7 heteroatoms. The van der Waals surface area contributed by atoms with Crippen LogP contribution >= 0.6 is 11.6 Å². The van der Waals surface area contributed by atoms with E-state index in [1.54, 1.807) is 12.3 Å². The number of carbonyl (C=O) groups is 1. The number of nitrogens with zero attached hydrogens (tertiary/aromatic N) is 2. The van der Waals surface area contributed by atoms with Crippen molar-refractivity contribution < 1.29 is 9.53 Å². The Kier molecular flexibility index (Phi) is 6.77. The van der Waals surface area contributed by atoms with Crippen LogP contribution in [0.25, 0.3) is 0 Å². The second-order valence-corrected chi connectivity index (χ2v) is 8.39. The van der Waals surface area contributed by atoms with E-state index in [1.165, 1.54) is 12.8 Å². The van der Waals surface area contributed by atoms with Crippen LogP contribution in [0.2, 0.25) is 5.02 Å². The zero-order chi connectivity index (χ0) is 20.9. The molecule has 3 heterocycles. The van der Waals surface area contributed by atoms with Crippen molar-refractivity contribution in [2.75, 3.05) is 26.2 Å². The van der Waals surface area contributed by atoms with Crippen LogP contribution in [0.5, 0.6) is 5.75 Å². The summed E-state index contributed by atoms with van der Waals surface area (Å²) in [5.41, 5.74) is 3.87. The van der Waals surface area contributed by atoms with Crippen LogP contribution in [0.1, 0.15) is 40.9 Å². The Balaban J connectivity index is 1.45. The first-order valence-corrected chi connectivity index (χ1v) is 10.9. The maximum Gasteiger partial charge on any atom is 0.170 e. The Morgan fingerprint density at radius 3 is 2.93 bits per heavy atom. The lowest BCUT2D eigenvalue weighted by molar-refractivity contribution is 0.0998. The molecule has 0 atom stereocenters. The lowest BCUT2D eigenvalue weighted by Gasteiger charge is -2.23. The number of hydrogen-bond donors (Lipinski definition) is 2. The Morgan fingerprint density at radius 2 is 2.10 bits per heavy atom. The van der Waals surface area contributed by atoms with Gasteiger partial charge in [0.2, 0.25) is 0 Å². The van der Waals surface area contributed by atoms with Crippen LogP contribution in [0, 0.1) is 12.8 Å². The van der Waals surface area contributed by atoms with Crippen molar-refractivity contribution in [3.05, 3.63) is 52.3 Å². The average molecular weight is 427 g/mol. The summed E-state index contributed by atoms with van der Waals surface area (Å²) in [4.78, 5) is 21.9. The van der Waals surface area contributed by atoms with Crippen LogP contribution < -0.4 is 15.4 Å². The first-order valence-electron chi connectivity index (χ1n) is 10.5. The van der Waals surface area contributed by atoms with Crippen molar-refractivity contribution in [2.45, 2.75) is 32.7 Å². The first-order chi connectivity index (χ1) is 14.6. The fraction of sp³-hybridized carbons (Fsp3) is 0.435. The highest BCUT2D eigenvalue weighted by atomic mass is 35.5. The van der Waals surface area contributed by atoms with E-state index in [1.807, 2.05) is 25.1 Å². The van der Waals surface area contributed by atoms with E-state index in [4.69, 9.17) is 21.3 Å². The van der Waals surface area contributed by atoms with Gasteiger partial charge in [0, 0.05) is 18.3 Å². The summed E-state index contributed by atoms with van der Waals surface area (Å²) in [7, 11) is 0. The molecule has 30 heavy (non-hydrogen) atoms. The number of ether oxygens (including phenoxy) is 1. The van der Waals surface area contributed by atoms with Gasteiger partial charge in [0.15, 0.2) is 5.78 Å². The normalized spacial score (nSPS) is 16.9. The van der Waals surface area contributed by atoms with Crippen LogP contribution in [0.4, 0.5) is 5.69 Å². The van der Waals surface area contributed by atoms with Gasteiger partial charge in [0.05, 0.1) is 28.5 Å². The number of aromatic nitrogens is 1. The summed E-state index contributed by atoms with van der Waals surface area (Å²) in [6, 6.07) is 7.39. The number of fused-ring (bicyclic) bond motifs is 1. The summed E-state index contributed by atoms with van der Waals surface area (Å²) in [5, 5.41) is 7.44. The maximum absolute atomic E-state index is 12.7. The van der Waals surface area contributed by atoms with Crippen molar-refractivity contribution in [3.63, 3.8) is 0 Å². The third-order valence-electron chi connectivity index (χ3n) is 5.60. The van der Waals surface area contributed by atoms with Gasteiger partial charge in [-0.25, -0.2) is 0 Å². The predicted molar refractivity (Wildman–Crippen MR) is 119 cm³/mol. The number of aryl methyl sites for hydroxylation is 1.